The number of nitrogens with zero attached hydrogens (tertiary/aromatic N) is 2. The fourth-order valence-corrected chi connectivity index (χ4v) is 5.53. The van der Waals surface area contributed by atoms with Crippen LogP contribution in [-0.2, 0) is 16.1 Å². The predicted octanol–water partition coefficient (Wildman–Crippen LogP) is 4.63. The molecule has 2 aliphatic heterocycles. The van der Waals surface area contributed by atoms with Crippen LogP contribution in [-0.4, -0.2) is 35.6 Å². The number of carbonyl (C=O) groups excluding carboxylic acids is 1. The lowest BCUT2D eigenvalue weighted by molar-refractivity contribution is -0.157. The van der Waals surface area contributed by atoms with Crippen LogP contribution in [0.5, 0.6) is 0 Å². The van der Waals surface area contributed by atoms with Crippen LogP contribution in [0.4, 0.5) is 0 Å². The summed E-state index contributed by atoms with van der Waals surface area (Å²) >= 11 is 6.12. The predicted molar refractivity (Wildman–Crippen MR) is 111 cm³/mol. The van der Waals surface area contributed by atoms with Gasteiger partial charge >= 0.3 is 5.97 Å². The van der Waals surface area contributed by atoms with Crippen molar-refractivity contribution in [1.29, 1.82) is 0 Å². The molecule has 3 atom stereocenters. The van der Waals surface area contributed by atoms with Crippen LogP contribution < -0.4 is 0 Å². The molecule has 0 aliphatic carbocycles. The van der Waals surface area contributed by atoms with Crippen molar-refractivity contribution < 1.29 is 9.53 Å². The van der Waals surface area contributed by atoms with E-state index >= 15 is 0 Å². The van der Waals surface area contributed by atoms with Gasteiger partial charge in [-0.15, -0.1) is 0 Å². The van der Waals surface area contributed by atoms with Crippen molar-refractivity contribution in [2.75, 3.05) is 20.2 Å². The van der Waals surface area contributed by atoms with E-state index in [1.54, 1.807) is 0 Å². The number of halogens is 1. The number of hydrogen-bond acceptors (Lipinski definition) is 3. The number of esters is 1. The Morgan fingerprint density at radius 1 is 1.21 bits per heavy atom. The lowest BCUT2D eigenvalue weighted by atomic mass is 9.71. The smallest absolute Gasteiger partial charge is 0.316 e. The number of para-hydroxylation sites is 1. The number of hydrogen-bond donors (Lipinski definition) is 0. The fraction of sp³-hybridized carbons (Fsp3) is 0.348. The summed E-state index contributed by atoms with van der Waals surface area (Å²) in [5.41, 5.74) is 2.90. The Morgan fingerprint density at radius 3 is 2.71 bits per heavy atom. The molecule has 0 N–H and O–H groups in total. The first-order valence-electron chi connectivity index (χ1n) is 9.77. The van der Waals surface area contributed by atoms with Crippen molar-refractivity contribution >= 4 is 28.5 Å². The quantitative estimate of drug-likeness (QED) is 0.607. The lowest BCUT2D eigenvalue weighted by Gasteiger charge is -2.32. The number of likely N-dealkylation sites (N-methyl/N-ethyl adjacent to an activating group) is 1. The second-order valence-electron chi connectivity index (χ2n) is 7.92. The van der Waals surface area contributed by atoms with Gasteiger partial charge in [-0.05, 0) is 49.2 Å². The second-order valence-corrected chi connectivity index (χ2v) is 8.36. The number of carbonyl (C=O) groups is 1. The summed E-state index contributed by atoms with van der Waals surface area (Å²) in [7, 11) is 2.11. The highest BCUT2D eigenvalue weighted by Crippen LogP contribution is 2.60. The van der Waals surface area contributed by atoms with E-state index in [4.69, 9.17) is 16.3 Å². The summed E-state index contributed by atoms with van der Waals surface area (Å²) in [6.07, 6.45) is 0. The molecule has 5 rings (SSSR count). The van der Waals surface area contributed by atoms with Gasteiger partial charge in [0.1, 0.15) is 5.41 Å². The normalized spacial score (nSPS) is 26.4. The van der Waals surface area contributed by atoms with Crippen LogP contribution in [0.15, 0.2) is 54.6 Å². The van der Waals surface area contributed by atoms with E-state index in [0.717, 1.165) is 12.1 Å². The Balaban J connectivity index is 1.70. The Hall–Kier alpha value is -2.30. The third kappa shape index (κ3) is 2.31. The summed E-state index contributed by atoms with van der Waals surface area (Å²) in [6, 6.07) is 18.6. The van der Waals surface area contributed by atoms with Gasteiger partial charge in [0.2, 0.25) is 0 Å². The van der Waals surface area contributed by atoms with Gasteiger partial charge in [-0.3, -0.25) is 9.69 Å². The molecule has 4 nitrogen and oxygen atoms in total. The monoisotopic (exact) mass is 394 g/mol. The fourth-order valence-electron chi connectivity index (χ4n) is 5.40. The largest absolute Gasteiger partial charge is 0.465 e. The van der Waals surface area contributed by atoms with Crippen molar-refractivity contribution in [3.05, 3.63) is 70.9 Å². The Bertz CT molecular complexity index is 1060. The molecule has 0 spiro atoms. The minimum Gasteiger partial charge on any atom is -0.465 e. The van der Waals surface area contributed by atoms with Gasteiger partial charge in [0, 0.05) is 35.2 Å². The molecule has 144 valence electrons. The van der Waals surface area contributed by atoms with E-state index in [9.17, 15) is 4.79 Å². The van der Waals surface area contributed by atoms with Gasteiger partial charge in [-0.2, -0.15) is 0 Å². The maximum atomic E-state index is 13.5. The van der Waals surface area contributed by atoms with Crippen LogP contribution in [0.3, 0.4) is 0 Å². The molecule has 1 fully saturated rings. The van der Waals surface area contributed by atoms with Crippen molar-refractivity contribution in [2.45, 2.75) is 25.4 Å². The van der Waals surface area contributed by atoms with Gasteiger partial charge < -0.3 is 9.30 Å². The van der Waals surface area contributed by atoms with Crippen LogP contribution in [0.1, 0.15) is 30.1 Å². The SMILES string of the molecule is CCOC(=O)C12Cn3c(cc4ccccc43)[C@@H]1N(C)C[C@@H]2c1ccc(Cl)cc1. The standard InChI is InChI=1S/C23H23ClN2O2/c1-3-28-22(27)23-14-26-19-7-5-4-6-16(19)12-20(26)21(23)25(2)13-18(23)15-8-10-17(24)11-9-15/h4-12,18,21H,3,13-14H2,1-2H3/t18-,21+,23?/m1/s1. The molecule has 3 heterocycles. The number of benzene rings is 2. The van der Waals surface area contributed by atoms with Gasteiger partial charge in [0.15, 0.2) is 0 Å². The summed E-state index contributed by atoms with van der Waals surface area (Å²) in [5, 5.41) is 1.93. The average Bonchev–Trinajstić information content (AvgIpc) is 3.29. The lowest BCUT2D eigenvalue weighted by Crippen LogP contribution is -2.40. The molecular weight excluding hydrogens is 372 g/mol. The van der Waals surface area contributed by atoms with Gasteiger partial charge in [0.25, 0.3) is 0 Å². The number of ether oxygens (including phenoxy) is 1. The summed E-state index contributed by atoms with van der Waals surface area (Å²) < 4.78 is 7.98. The maximum Gasteiger partial charge on any atom is 0.316 e. The minimum absolute atomic E-state index is 0.000344. The number of likely N-dealkylation sites (tertiary alicyclic amines) is 1. The molecule has 0 bridgehead atoms. The van der Waals surface area contributed by atoms with Crippen molar-refractivity contribution in [1.82, 2.24) is 9.47 Å². The number of rotatable bonds is 3. The Kier molecular flexibility index (Phi) is 4.04. The number of fused-ring (bicyclic) bond motifs is 5. The summed E-state index contributed by atoms with van der Waals surface area (Å²) in [5.74, 6) is -0.0467. The first kappa shape index (κ1) is 17.8. The van der Waals surface area contributed by atoms with E-state index in [1.807, 2.05) is 19.1 Å². The number of aromatic nitrogens is 1. The zero-order valence-corrected chi connectivity index (χ0v) is 16.8. The topological polar surface area (TPSA) is 34.5 Å². The van der Waals surface area contributed by atoms with Crippen molar-refractivity contribution in [3.63, 3.8) is 0 Å². The van der Waals surface area contributed by atoms with Crippen LogP contribution >= 0.6 is 11.6 Å². The molecule has 1 saturated heterocycles. The molecular formula is C23H23ClN2O2. The molecule has 0 saturated carbocycles. The van der Waals surface area contributed by atoms with E-state index in [-0.39, 0.29) is 17.9 Å². The van der Waals surface area contributed by atoms with Crippen LogP contribution in [0.2, 0.25) is 5.02 Å². The van der Waals surface area contributed by atoms with Crippen LogP contribution in [0.25, 0.3) is 10.9 Å². The molecule has 3 aromatic rings. The van der Waals surface area contributed by atoms with E-state index in [2.05, 4.69) is 59.0 Å². The van der Waals surface area contributed by atoms with Gasteiger partial charge in [-0.25, -0.2) is 0 Å². The second kappa shape index (κ2) is 6.36. The molecule has 5 heteroatoms. The summed E-state index contributed by atoms with van der Waals surface area (Å²) in [4.78, 5) is 15.8. The molecule has 1 aromatic heterocycles. The molecule has 2 aliphatic rings. The Morgan fingerprint density at radius 2 is 1.96 bits per heavy atom. The van der Waals surface area contributed by atoms with E-state index in [1.165, 1.54) is 16.6 Å². The first-order valence-corrected chi connectivity index (χ1v) is 10.1. The highest BCUT2D eigenvalue weighted by atomic mass is 35.5. The molecule has 0 radical (unpaired) electrons. The zero-order valence-electron chi connectivity index (χ0n) is 16.1. The third-order valence-electron chi connectivity index (χ3n) is 6.49. The van der Waals surface area contributed by atoms with Crippen molar-refractivity contribution in [2.24, 2.45) is 5.41 Å². The van der Waals surface area contributed by atoms with Crippen molar-refractivity contribution in [3.8, 4) is 0 Å². The van der Waals surface area contributed by atoms with Crippen LogP contribution in [0, 0.1) is 5.41 Å². The first-order chi connectivity index (χ1) is 13.6. The highest BCUT2D eigenvalue weighted by Gasteiger charge is 2.64. The molecule has 2 aromatic carbocycles. The van der Waals surface area contributed by atoms with E-state index in [0.29, 0.717) is 18.2 Å². The average molecular weight is 395 g/mol. The van der Waals surface area contributed by atoms with Gasteiger partial charge in [0.05, 0.1) is 12.6 Å². The van der Waals surface area contributed by atoms with Gasteiger partial charge in [-0.1, -0.05) is 41.9 Å². The highest BCUT2D eigenvalue weighted by molar-refractivity contribution is 6.30. The molecule has 0 amide bonds. The zero-order chi connectivity index (χ0) is 19.5. The third-order valence-corrected chi connectivity index (χ3v) is 6.74. The minimum atomic E-state index is -0.627. The maximum absolute atomic E-state index is 13.5. The summed E-state index contributed by atoms with van der Waals surface area (Å²) in [6.45, 7) is 3.72. The molecule has 1 unspecified atom stereocenters. The Labute approximate surface area is 169 Å². The molecule has 28 heavy (non-hydrogen) atoms. The van der Waals surface area contributed by atoms with E-state index < -0.39 is 5.41 Å².